The van der Waals surface area contributed by atoms with Gasteiger partial charge in [-0.2, -0.15) is 0 Å². The van der Waals surface area contributed by atoms with Crippen LogP contribution in [0.5, 0.6) is 5.75 Å². The smallest absolute Gasteiger partial charge is 0.338 e. The molecule has 0 unspecified atom stereocenters. The van der Waals surface area contributed by atoms with Crippen LogP contribution < -0.4 is 0 Å². The average molecular weight is 243 g/mol. The fourth-order valence-electron chi connectivity index (χ4n) is 1.60. The summed E-state index contributed by atoms with van der Waals surface area (Å²) >= 11 is 0. The third-order valence-corrected chi connectivity index (χ3v) is 2.45. The minimum Gasteiger partial charge on any atom is -0.506 e. The number of rotatable bonds is 3. The highest BCUT2D eigenvalue weighted by atomic mass is 16.5. The Balaban J connectivity index is 2.25. The highest BCUT2D eigenvalue weighted by molar-refractivity contribution is 5.90. The summed E-state index contributed by atoms with van der Waals surface area (Å²) in [6.45, 7) is 2.13. The molecule has 1 N–H and O–H groups in total. The number of hydrogen-bond donors (Lipinski definition) is 1. The third kappa shape index (κ3) is 2.66. The van der Waals surface area contributed by atoms with Crippen LogP contribution in [-0.4, -0.2) is 22.7 Å². The van der Waals surface area contributed by atoms with Crippen molar-refractivity contribution in [3.05, 3.63) is 48.3 Å². The molecule has 1 aromatic heterocycles. The van der Waals surface area contributed by atoms with Gasteiger partial charge in [-0.1, -0.05) is 12.1 Å². The molecule has 2 rings (SSSR count). The molecule has 4 nitrogen and oxygen atoms in total. The zero-order chi connectivity index (χ0) is 13.0. The summed E-state index contributed by atoms with van der Waals surface area (Å²) in [7, 11) is 0. The van der Waals surface area contributed by atoms with E-state index < -0.39 is 0 Å². The van der Waals surface area contributed by atoms with Crippen molar-refractivity contribution in [3.63, 3.8) is 0 Å². The summed E-state index contributed by atoms with van der Waals surface area (Å²) in [4.78, 5) is 15.4. The number of pyridine rings is 1. The molecule has 0 atom stereocenters. The maximum Gasteiger partial charge on any atom is 0.338 e. The van der Waals surface area contributed by atoms with E-state index in [1.165, 1.54) is 6.20 Å². The summed E-state index contributed by atoms with van der Waals surface area (Å²) in [5.41, 5.74) is 2.19. The highest BCUT2D eigenvalue weighted by Gasteiger charge is 2.06. The van der Waals surface area contributed by atoms with Gasteiger partial charge in [0.25, 0.3) is 0 Å². The number of aromatic hydroxyl groups is 1. The molecule has 0 amide bonds. The number of aromatic nitrogens is 1. The summed E-state index contributed by atoms with van der Waals surface area (Å²) in [5.74, 6) is -0.222. The Morgan fingerprint density at radius 3 is 2.56 bits per heavy atom. The number of ether oxygens (including phenoxy) is 1. The van der Waals surface area contributed by atoms with Crippen LogP contribution >= 0.6 is 0 Å². The van der Waals surface area contributed by atoms with Gasteiger partial charge in [-0.05, 0) is 30.7 Å². The van der Waals surface area contributed by atoms with Crippen molar-refractivity contribution in [1.82, 2.24) is 4.98 Å². The first-order chi connectivity index (χ1) is 8.70. The minimum absolute atomic E-state index is 0.113. The number of hydrogen-bond acceptors (Lipinski definition) is 4. The zero-order valence-electron chi connectivity index (χ0n) is 9.96. The van der Waals surface area contributed by atoms with Crippen molar-refractivity contribution in [2.24, 2.45) is 0 Å². The van der Waals surface area contributed by atoms with Crippen molar-refractivity contribution in [1.29, 1.82) is 0 Å². The monoisotopic (exact) mass is 243 g/mol. The molecule has 0 fully saturated rings. The molecule has 1 heterocycles. The van der Waals surface area contributed by atoms with Crippen LogP contribution in [0.3, 0.4) is 0 Å². The van der Waals surface area contributed by atoms with E-state index in [1.807, 2.05) is 0 Å². The van der Waals surface area contributed by atoms with Gasteiger partial charge in [0, 0.05) is 11.8 Å². The van der Waals surface area contributed by atoms with E-state index in [0.29, 0.717) is 12.2 Å². The molecule has 0 aliphatic rings. The van der Waals surface area contributed by atoms with Gasteiger partial charge in [0.2, 0.25) is 0 Å². The maximum absolute atomic E-state index is 11.5. The number of nitrogens with zero attached hydrogens (tertiary/aromatic N) is 1. The predicted octanol–water partition coefficient (Wildman–Crippen LogP) is 2.63. The average Bonchev–Trinajstić information content (AvgIpc) is 2.39. The van der Waals surface area contributed by atoms with Gasteiger partial charge in [0.1, 0.15) is 5.75 Å². The van der Waals surface area contributed by atoms with Crippen molar-refractivity contribution in [2.45, 2.75) is 6.92 Å². The zero-order valence-corrected chi connectivity index (χ0v) is 9.96. The third-order valence-electron chi connectivity index (χ3n) is 2.45. The van der Waals surface area contributed by atoms with E-state index in [-0.39, 0.29) is 11.7 Å². The largest absolute Gasteiger partial charge is 0.506 e. The van der Waals surface area contributed by atoms with Crippen molar-refractivity contribution in [2.75, 3.05) is 6.61 Å². The quantitative estimate of drug-likeness (QED) is 0.842. The SMILES string of the molecule is CCOC(=O)c1ccc(-c2cncc(O)c2)cc1. The minimum atomic E-state index is -0.335. The number of benzene rings is 1. The molecule has 0 spiro atoms. The Morgan fingerprint density at radius 1 is 1.22 bits per heavy atom. The lowest BCUT2D eigenvalue weighted by Gasteiger charge is -2.04. The first-order valence-electron chi connectivity index (χ1n) is 5.62. The Labute approximate surface area is 105 Å². The summed E-state index contributed by atoms with van der Waals surface area (Å²) < 4.78 is 4.90. The molecule has 0 radical (unpaired) electrons. The Hall–Kier alpha value is -2.36. The molecule has 0 saturated carbocycles. The van der Waals surface area contributed by atoms with Gasteiger partial charge in [0.15, 0.2) is 0 Å². The maximum atomic E-state index is 11.5. The van der Waals surface area contributed by atoms with Gasteiger partial charge in [-0.15, -0.1) is 0 Å². The number of carbonyl (C=O) groups is 1. The number of esters is 1. The van der Waals surface area contributed by atoms with Crippen molar-refractivity contribution in [3.8, 4) is 16.9 Å². The first-order valence-corrected chi connectivity index (χ1v) is 5.62. The standard InChI is InChI=1S/C14H13NO3/c1-2-18-14(17)11-5-3-10(4-6-11)12-7-13(16)9-15-8-12/h3-9,16H,2H2,1H3. The summed E-state index contributed by atoms with van der Waals surface area (Å²) in [6, 6.07) is 8.59. The molecular formula is C14H13NO3. The fourth-order valence-corrected chi connectivity index (χ4v) is 1.60. The predicted molar refractivity (Wildman–Crippen MR) is 67.3 cm³/mol. The van der Waals surface area contributed by atoms with E-state index in [4.69, 9.17) is 4.74 Å². The van der Waals surface area contributed by atoms with Crippen LogP contribution in [0.1, 0.15) is 17.3 Å². The summed E-state index contributed by atoms with van der Waals surface area (Å²) in [6.07, 6.45) is 3.02. The molecule has 18 heavy (non-hydrogen) atoms. The van der Waals surface area contributed by atoms with Crippen LogP contribution in [-0.2, 0) is 4.74 Å². The van der Waals surface area contributed by atoms with Crippen molar-refractivity contribution < 1.29 is 14.6 Å². The van der Waals surface area contributed by atoms with E-state index in [1.54, 1.807) is 43.5 Å². The van der Waals surface area contributed by atoms with Gasteiger partial charge in [-0.3, -0.25) is 4.98 Å². The van der Waals surface area contributed by atoms with Gasteiger partial charge >= 0.3 is 5.97 Å². The lowest BCUT2D eigenvalue weighted by atomic mass is 10.1. The molecule has 2 aromatic rings. The first kappa shape index (κ1) is 12.1. The van der Waals surface area contributed by atoms with E-state index in [9.17, 15) is 9.90 Å². The summed E-state index contributed by atoms with van der Waals surface area (Å²) in [5, 5.41) is 9.35. The Bertz CT molecular complexity index is 549. The number of carbonyl (C=O) groups excluding carboxylic acids is 1. The molecule has 4 heteroatoms. The molecule has 1 aromatic carbocycles. The second-order valence-electron chi connectivity index (χ2n) is 3.73. The van der Waals surface area contributed by atoms with Crippen LogP contribution in [0, 0.1) is 0 Å². The van der Waals surface area contributed by atoms with E-state index in [2.05, 4.69) is 4.98 Å². The molecule has 0 aliphatic carbocycles. The van der Waals surface area contributed by atoms with Crippen molar-refractivity contribution >= 4 is 5.97 Å². The van der Waals surface area contributed by atoms with E-state index >= 15 is 0 Å². The Kier molecular flexibility index (Phi) is 3.57. The van der Waals surface area contributed by atoms with E-state index in [0.717, 1.165) is 11.1 Å². The Morgan fingerprint density at radius 2 is 1.94 bits per heavy atom. The highest BCUT2D eigenvalue weighted by Crippen LogP contribution is 2.22. The molecule has 0 saturated heterocycles. The second kappa shape index (κ2) is 5.31. The lowest BCUT2D eigenvalue weighted by Crippen LogP contribution is -2.03. The van der Waals surface area contributed by atoms with Gasteiger partial charge in [0.05, 0.1) is 18.4 Å². The fraction of sp³-hybridized carbons (Fsp3) is 0.143. The topological polar surface area (TPSA) is 59.4 Å². The molecule has 0 bridgehead atoms. The molecule has 92 valence electrons. The molecule has 0 aliphatic heterocycles. The second-order valence-corrected chi connectivity index (χ2v) is 3.73. The van der Waals surface area contributed by atoms with Crippen LogP contribution in [0.2, 0.25) is 0 Å². The van der Waals surface area contributed by atoms with Crippen LogP contribution in [0.25, 0.3) is 11.1 Å². The van der Waals surface area contributed by atoms with Crippen LogP contribution in [0.15, 0.2) is 42.7 Å². The van der Waals surface area contributed by atoms with Gasteiger partial charge < -0.3 is 9.84 Å². The normalized spacial score (nSPS) is 10.1. The van der Waals surface area contributed by atoms with Crippen LogP contribution in [0.4, 0.5) is 0 Å². The lowest BCUT2D eigenvalue weighted by molar-refractivity contribution is 0.0526. The molecular weight excluding hydrogens is 230 g/mol. The van der Waals surface area contributed by atoms with Gasteiger partial charge in [-0.25, -0.2) is 4.79 Å².